The van der Waals surface area contributed by atoms with E-state index in [2.05, 4.69) is 0 Å². The number of carbonyl (C=O) groups is 3. The van der Waals surface area contributed by atoms with E-state index in [9.17, 15) is 14.4 Å². The van der Waals surface area contributed by atoms with Crippen LogP contribution in [0.3, 0.4) is 0 Å². The van der Waals surface area contributed by atoms with Crippen molar-refractivity contribution in [1.82, 2.24) is 0 Å². The lowest BCUT2D eigenvalue weighted by Crippen LogP contribution is -2.36. The maximum Gasteiger partial charge on any atom is 0.320 e. The van der Waals surface area contributed by atoms with E-state index in [-0.39, 0.29) is 18.8 Å². The van der Waals surface area contributed by atoms with E-state index in [1.54, 1.807) is 0 Å². The zero-order valence-corrected chi connectivity index (χ0v) is 11.2. The van der Waals surface area contributed by atoms with Gasteiger partial charge in [-0.05, 0) is 12.3 Å². The number of amides is 1. The molecule has 0 unspecified atom stereocenters. The highest BCUT2D eigenvalue weighted by molar-refractivity contribution is 5.77. The van der Waals surface area contributed by atoms with Gasteiger partial charge in [-0.1, -0.05) is 20.3 Å². The summed E-state index contributed by atoms with van der Waals surface area (Å²) in [5.41, 5.74) is 15.1. The Hall–Kier alpha value is -1.67. The largest absolute Gasteiger partial charge is 0.480 e. The summed E-state index contributed by atoms with van der Waals surface area (Å²) in [6.45, 7) is 3.76. The van der Waals surface area contributed by atoms with Crippen LogP contribution in [0.2, 0.25) is 0 Å². The zero-order chi connectivity index (χ0) is 15.6. The lowest BCUT2D eigenvalue weighted by molar-refractivity contribution is -0.140. The molecule has 0 spiro atoms. The van der Waals surface area contributed by atoms with E-state index in [1.807, 2.05) is 13.8 Å². The third kappa shape index (κ3) is 11.2. The minimum Gasteiger partial charge on any atom is -0.480 e. The van der Waals surface area contributed by atoms with Crippen LogP contribution in [0.15, 0.2) is 0 Å². The van der Waals surface area contributed by atoms with Gasteiger partial charge in [-0.25, -0.2) is 0 Å². The normalized spacial score (nSPS) is 14.5. The summed E-state index contributed by atoms with van der Waals surface area (Å²) in [4.78, 5) is 30.3. The lowest BCUT2D eigenvalue weighted by Gasteiger charge is -2.11. The fraction of sp³-hybridized carbons (Fsp3) is 0.727. The van der Waals surface area contributed by atoms with Crippen molar-refractivity contribution in [2.24, 2.45) is 23.1 Å². The molecular formula is C11H23N3O5. The van der Waals surface area contributed by atoms with Crippen molar-refractivity contribution in [2.75, 3.05) is 0 Å². The summed E-state index contributed by atoms with van der Waals surface area (Å²) in [7, 11) is 0. The molecule has 112 valence electrons. The number of aliphatic carboxylic acids is 2. The maximum absolute atomic E-state index is 10.2. The molecule has 0 rings (SSSR count). The van der Waals surface area contributed by atoms with Gasteiger partial charge in [0.1, 0.15) is 12.1 Å². The molecule has 0 fully saturated rings. The van der Waals surface area contributed by atoms with Crippen LogP contribution in [-0.4, -0.2) is 40.1 Å². The average molecular weight is 277 g/mol. The SMILES string of the molecule is CC[C@@H](C)[C@@H](N)C(=O)O.NC(=O)CC[C@@H](N)C(=O)O. The van der Waals surface area contributed by atoms with E-state index in [1.165, 1.54) is 0 Å². The molecule has 1 amide bonds. The quantitative estimate of drug-likeness (QED) is 0.401. The summed E-state index contributed by atoms with van der Waals surface area (Å²) >= 11 is 0. The van der Waals surface area contributed by atoms with Gasteiger partial charge >= 0.3 is 11.9 Å². The van der Waals surface area contributed by atoms with Gasteiger partial charge in [0.05, 0.1) is 0 Å². The van der Waals surface area contributed by atoms with Gasteiger partial charge < -0.3 is 27.4 Å². The van der Waals surface area contributed by atoms with Gasteiger partial charge in [-0.2, -0.15) is 0 Å². The highest BCUT2D eigenvalue weighted by Crippen LogP contribution is 2.04. The Kier molecular flexibility index (Phi) is 10.6. The Bertz CT molecular complexity index is 309. The van der Waals surface area contributed by atoms with E-state index < -0.39 is 29.9 Å². The molecule has 0 heterocycles. The van der Waals surface area contributed by atoms with Crippen molar-refractivity contribution < 1.29 is 24.6 Å². The van der Waals surface area contributed by atoms with Crippen molar-refractivity contribution in [1.29, 1.82) is 0 Å². The van der Waals surface area contributed by atoms with Crippen molar-refractivity contribution in [3.8, 4) is 0 Å². The number of rotatable bonds is 7. The Morgan fingerprint density at radius 3 is 1.79 bits per heavy atom. The molecule has 0 radical (unpaired) electrons. The monoisotopic (exact) mass is 277 g/mol. The molecule has 0 aliphatic heterocycles. The fourth-order valence-electron chi connectivity index (χ4n) is 0.919. The number of carbonyl (C=O) groups excluding carboxylic acids is 1. The van der Waals surface area contributed by atoms with Gasteiger partial charge in [-0.15, -0.1) is 0 Å². The van der Waals surface area contributed by atoms with Crippen molar-refractivity contribution in [3.05, 3.63) is 0 Å². The summed E-state index contributed by atoms with van der Waals surface area (Å²) in [5, 5.41) is 16.6. The van der Waals surface area contributed by atoms with Crippen LogP contribution in [0.5, 0.6) is 0 Å². The van der Waals surface area contributed by atoms with Crippen LogP contribution >= 0.6 is 0 Å². The van der Waals surface area contributed by atoms with Crippen molar-refractivity contribution >= 4 is 17.8 Å². The number of carboxylic acid groups (broad SMARTS) is 2. The molecule has 0 aromatic rings. The molecule has 0 aliphatic carbocycles. The van der Waals surface area contributed by atoms with Crippen molar-refractivity contribution in [3.63, 3.8) is 0 Å². The average Bonchev–Trinajstić information content (AvgIpc) is 2.34. The molecule has 19 heavy (non-hydrogen) atoms. The standard InChI is InChI=1S/C6H13NO2.C5H10N2O3/c1-3-4(2)5(7)6(8)9;6-3(5(9)10)1-2-4(7)8/h4-5H,3,7H2,1-2H3,(H,8,9);3H,1-2,6H2,(H2,7,8)(H,9,10)/t4-,5-;3-/m11/s1. The molecule has 0 saturated carbocycles. The minimum atomic E-state index is -1.11. The predicted molar refractivity (Wildman–Crippen MR) is 69.1 cm³/mol. The Balaban J connectivity index is 0. The third-order valence-corrected chi connectivity index (χ3v) is 2.56. The minimum absolute atomic E-state index is 0.0213. The third-order valence-electron chi connectivity index (χ3n) is 2.56. The van der Waals surface area contributed by atoms with E-state index in [4.69, 9.17) is 27.4 Å². The fourth-order valence-corrected chi connectivity index (χ4v) is 0.919. The van der Waals surface area contributed by atoms with Crippen molar-refractivity contribution in [2.45, 2.75) is 45.2 Å². The van der Waals surface area contributed by atoms with E-state index in [0.717, 1.165) is 6.42 Å². The lowest BCUT2D eigenvalue weighted by atomic mass is 10.0. The van der Waals surface area contributed by atoms with Crippen LogP contribution in [0.25, 0.3) is 0 Å². The molecule has 0 aromatic carbocycles. The predicted octanol–water partition coefficient (Wildman–Crippen LogP) is -0.892. The summed E-state index contributed by atoms with van der Waals surface area (Å²) in [6, 6.07) is -1.68. The number of hydrogen-bond donors (Lipinski definition) is 5. The van der Waals surface area contributed by atoms with Crippen LogP contribution < -0.4 is 17.2 Å². The summed E-state index contributed by atoms with van der Waals surface area (Å²) in [6.07, 6.45) is 0.936. The Morgan fingerprint density at radius 1 is 1.11 bits per heavy atom. The molecule has 0 aromatic heterocycles. The van der Waals surface area contributed by atoms with Gasteiger partial charge in [0.2, 0.25) is 5.91 Å². The maximum atomic E-state index is 10.2. The second-order valence-electron chi connectivity index (χ2n) is 4.20. The van der Waals surface area contributed by atoms with E-state index in [0.29, 0.717) is 0 Å². The van der Waals surface area contributed by atoms with Crippen LogP contribution in [-0.2, 0) is 14.4 Å². The van der Waals surface area contributed by atoms with Gasteiger partial charge in [-0.3, -0.25) is 14.4 Å². The number of primary amides is 1. The van der Waals surface area contributed by atoms with E-state index >= 15 is 0 Å². The first-order chi connectivity index (χ1) is 8.63. The second kappa shape index (κ2) is 10.3. The highest BCUT2D eigenvalue weighted by atomic mass is 16.4. The van der Waals surface area contributed by atoms with Crippen LogP contribution in [0.1, 0.15) is 33.1 Å². The topological polar surface area (TPSA) is 170 Å². The highest BCUT2D eigenvalue weighted by Gasteiger charge is 2.17. The first-order valence-corrected chi connectivity index (χ1v) is 5.88. The molecule has 0 saturated heterocycles. The van der Waals surface area contributed by atoms with Gasteiger partial charge in [0.15, 0.2) is 0 Å². The van der Waals surface area contributed by atoms with Gasteiger partial charge in [0, 0.05) is 6.42 Å². The molecule has 0 bridgehead atoms. The number of hydrogen-bond acceptors (Lipinski definition) is 5. The van der Waals surface area contributed by atoms with Crippen LogP contribution in [0, 0.1) is 5.92 Å². The number of nitrogens with two attached hydrogens (primary N) is 3. The number of carboxylic acids is 2. The first-order valence-electron chi connectivity index (χ1n) is 5.88. The summed E-state index contributed by atoms with van der Waals surface area (Å²) in [5.74, 6) is -2.48. The molecule has 0 aliphatic rings. The van der Waals surface area contributed by atoms with Gasteiger partial charge in [0.25, 0.3) is 0 Å². The Morgan fingerprint density at radius 2 is 1.58 bits per heavy atom. The molecule has 8 heteroatoms. The molecular weight excluding hydrogens is 254 g/mol. The summed E-state index contributed by atoms with van der Waals surface area (Å²) < 4.78 is 0. The second-order valence-corrected chi connectivity index (χ2v) is 4.20. The molecule has 3 atom stereocenters. The zero-order valence-electron chi connectivity index (χ0n) is 11.2. The molecule has 8 N–H and O–H groups in total. The Labute approximate surface area is 111 Å². The van der Waals surface area contributed by atoms with Crippen LogP contribution in [0.4, 0.5) is 0 Å². The first kappa shape index (κ1) is 19.7. The smallest absolute Gasteiger partial charge is 0.320 e. The molecule has 8 nitrogen and oxygen atoms in total.